The molecule has 0 aliphatic heterocycles. The van der Waals surface area contributed by atoms with Crippen LogP contribution in [0.1, 0.15) is 98.8 Å². The monoisotopic (exact) mass is 409 g/mol. The highest BCUT2D eigenvalue weighted by atomic mass is 16.1. The minimum absolute atomic E-state index is 0.0460. The third kappa shape index (κ3) is 3.41. The minimum Gasteiger partial charge on any atom is -0.299 e. The molecule has 3 rings (SSSR count). The Kier molecular flexibility index (Phi) is 6.47. The number of hydrogen-bond donors (Lipinski definition) is 0. The van der Waals surface area contributed by atoms with E-state index in [-0.39, 0.29) is 16.6 Å². The molecule has 0 spiro atoms. The Balaban J connectivity index is 2.00. The molecule has 0 bridgehead atoms. The summed E-state index contributed by atoms with van der Waals surface area (Å²) in [6.45, 7) is 10.9. The first-order chi connectivity index (χ1) is 14.2. The maximum absolute atomic E-state index is 13.5. The molecule has 1 saturated carbocycles. The summed E-state index contributed by atoms with van der Waals surface area (Å²) in [6.07, 6.45) is 13.5. The first-order valence-corrected chi connectivity index (χ1v) is 12.1. The third-order valence-corrected chi connectivity index (χ3v) is 8.95. The molecule has 0 aromatic rings. The lowest BCUT2D eigenvalue weighted by molar-refractivity contribution is -0.126. The molecule has 3 aliphatic rings. The second kappa shape index (κ2) is 8.45. The van der Waals surface area contributed by atoms with Crippen molar-refractivity contribution >= 4 is 11.6 Å². The van der Waals surface area contributed by atoms with Crippen molar-refractivity contribution in [3.8, 4) is 6.07 Å². The lowest BCUT2D eigenvalue weighted by Crippen LogP contribution is -2.48. The summed E-state index contributed by atoms with van der Waals surface area (Å²) < 4.78 is 0. The van der Waals surface area contributed by atoms with Crippen LogP contribution in [0.25, 0.3) is 0 Å². The zero-order valence-corrected chi connectivity index (χ0v) is 19.6. The Morgan fingerprint density at radius 3 is 2.30 bits per heavy atom. The lowest BCUT2D eigenvalue weighted by atomic mass is 9.50. The molecular formula is C27H39NO2. The quantitative estimate of drug-likeness (QED) is 0.438. The van der Waals surface area contributed by atoms with Crippen molar-refractivity contribution in [3.05, 3.63) is 23.3 Å². The van der Waals surface area contributed by atoms with E-state index in [1.807, 2.05) is 6.08 Å². The second-order valence-corrected chi connectivity index (χ2v) is 10.6. The van der Waals surface area contributed by atoms with Gasteiger partial charge in [0, 0.05) is 17.3 Å². The molecule has 3 aliphatic carbocycles. The highest BCUT2D eigenvalue weighted by Crippen LogP contribution is 2.60. The topological polar surface area (TPSA) is 57.9 Å². The fourth-order valence-electron chi connectivity index (χ4n) is 6.91. The molecule has 0 saturated heterocycles. The summed E-state index contributed by atoms with van der Waals surface area (Å²) in [5, 5.41) is 9.83. The van der Waals surface area contributed by atoms with Gasteiger partial charge in [0.15, 0.2) is 5.78 Å². The van der Waals surface area contributed by atoms with Crippen molar-refractivity contribution in [2.75, 3.05) is 0 Å². The Morgan fingerprint density at radius 2 is 1.77 bits per heavy atom. The molecule has 0 radical (unpaired) electrons. The van der Waals surface area contributed by atoms with E-state index < -0.39 is 5.41 Å². The van der Waals surface area contributed by atoms with E-state index in [0.717, 1.165) is 57.8 Å². The number of carbonyl (C=O) groups excluding carboxylic acids is 2. The SMILES string of the molecule is CCCC1(CCC)C(=O)C(C#N)=C[C@@]2(C)C1=CCCC2CC[C@]1(C)C(=O)CCC1C. The van der Waals surface area contributed by atoms with Crippen LogP contribution in [0.5, 0.6) is 0 Å². The van der Waals surface area contributed by atoms with Crippen LogP contribution in [-0.4, -0.2) is 11.6 Å². The average molecular weight is 410 g/mol. The standard InChI is InChI=1S/C27H39NO2/c1-6-14-27(15-7-2)22-10-8-9-21(26(22,5)17-20(18-28)24(27)30)13-16-25(4)19(3)11-12-23(25)29/h10,17,19,21H,6-9,11-16H2,1-5H3/t19?,21?,25-,26+/m0/s1. The van der Waals surface area contributed by atoms with Gasteiger partial charge in [-0.05, 0) is 56.8 Å². The zero-order valence-electron chi connectivity index (χ0n) is 19.6. The third-order valence-electron chi connectivity index (χ3n) is 8.95. The maximum Gasteiger partial charge on any atom is 0.183 e. The number of nitrogens with zero attached hydrogens (tertiary/aromatic N) is 1. The molecule has 2 unspecified atom stereocenters. The van der Waals surface area contributed by atoms with Gasteiger partial charge in [0.05, 0.1) is 11.0 Å². The van der Waals surface area contributed by atoms with Gasteiger partial charge in [0.2, 0.25) is 0 Å². The fourth-order valence-corrected chi connectivity index (χ4v) is 6.91. The molecule has 0 aromatic heterocycles. The first-order valence-electron chi connectivity index (χ1n) is 12.1. The molecule has 0 heterocycles. The molecule has 4 atom stereocenters. The first kappa shape index (κ1) is 23.0. The van der Waals surface area contributed by atoms with E-state index in [0.29, 0.717) is 29.6 Å². The van der Waals surface area contributed by atoms with Crippen LogP contribution in [0, 0.1) is 39.4 Å². The number of carbonyl (C=O) groups is 2. The van der Waals surface area contributed by atoms with Gasteiger partial charge in [-0.25, -0.2) is 0 Å². The summed E-state index contributed by atoms with van der Waals surface area (Å²) in [7, 11) is 0. The molecule has 0 aromatic carbocycles. The number of fused-ring (bicyclic) bond motifs is 1. The fraction of sp³-hybridized carbons (Fsp3) is 0.741. The van der Waals surface area contributed by atoms with Crippen LogP contribution in [0.15, 0.2) is 23.3 Å². The highest BCUT2D eigenvalue weighted by Gasteiger charge is 2.55. The van der Waals surface area contributed by atoms with Gasteiger partial charge in [0.25, 0.3) is 0 Å². The van der Waals surface area contributed by atoms with E-state index in [2.05, 4.69) is 46.8 Å². The molecule has 3 nitrogen and oxygen atoms in total. The van der Waals surface area contributed by atoms with Crippen LogP contribution in [0.4, 0.5) is 0 Å². The predicted octanol–water partition coefficient (Wildman–Crippen LogP) is 6.73. The summed E-state index contributed by atoms with van der Waals surface area (Å²) >= 11 is 0. The maximum atomic E-state index is 13.5. The van der Waals surface area contributed by atoms with E-state index in [1.165, 1.54) is 5.57 Å². The number of Topliss-reactive ketones (excluding diaryl/α,β-unsaturated/α-hetero) is 2. The Bertz CT molecular complexity index is 807. The molecule has 0 N–H and O–H groups in total. The number of rotatable bonds is 7. The Morgan fingerprint density at radius 1 is 1.10 bits per heavy atom. The van der Waals surface area contributed by atoms with Gasteiger partial charge in [-0.15, -0.1) is 0 Å². The van der Waals surface area contributed by atoms with Gasteiger partial charge >= 0.3 is 0 Å². The van der Waals surface area contributed by atoms with Crippen molar-refractivity contribution < 1.29 is 9.59 Å². The van der Waals surface area contributed by atoms with Crippen LogP contribution < -0.4 is 0 Å². The Labute approximate surface area is 183 Å². The summed E-state index contributed by atoms with van der Waals surface area (Å²) in [4.78, 5) is 26.1. The smallest absolute Gasteiger partial charge is 0.183 e. The summed E-state index contributed by atoms with van der Waals surface area (Å²) in [5.41, 5.74) is 0.642. The van der Waals surface area contributed by atoms with Crippen LogP contribution in [0.2, 0.25) is 0 Å². The van der Waals surface area contributed by atoms with Gasteiger partial charge < -0.3 is 0 Å². The van der Waals surface area contributed by atoms with Crippen molar-refractivity contribution in [2.45, 2.75) is 98.8 Å². The van der Waals surface area contributed by atoms with Crippen LogP contribution in [0.3, 0.4) is 0 Å². The van der Waals surface area contributed by atoms with Gasteiger partial charge in [-0.1, -0.05) is 65.2 Å². The normalized spacial score (nSPS) is 35.5. The van der Waals surface area contributed by atoms with Crippen molar-refractivity contribution in [3.63, 3.8) is 0 Å². The zero-order chi connectivity index (χ0) is 22.2. The van der Waals surface area contributed by atoms with Gasteiger partial charge in [0.1, 0.15) is 11.9 Å². The van der Waals surface area contributed by atoms with Crippen LogP contribution in [-0.2, 0) is 9.59 Å². The van der Waals surface area contributed by atoms with Crippen molar-refractivity contribution in [1.29, 1.82) is 5.26 Å². The molecule has 3 heteroatoms. The molecule has 164 valence electrons. The van der Waals surface area contributed by atoms with E-state index in [1.54, 1.807) is 0 Å². The van der Waals surface area contributed by atoms with E-state index in [9.17, 15) is 14.9 Å². The Hall–Kier alpha value is -1.69. The largest absolute Gasteiger partial charge is 0.299 e. The lowest BCUT2D eigenvalue weighted by Gasteiger charge is -2.52. The number of hydrogen-bond acceptors (Lipinski definition) is 3. The van der Waals surface area contributed by atoms with Gasteiger partial charge in [-0.2, -0.15) is 5.26 Å². The summed E-state index contributed by atoms with van der Waals surface area (Å²) in [5.74, 6) is 1.28. The van der Waals surface area contributed by atoms with Crippen molar-refractivity contribution in [2.24, 2.45) is 28.1 Å². The van der Waals surface area contributed by atoms with Crippen molar-refractivity contribution in [1.82, 2.24) is 0 Å². The summed E-state index contributed by atoms with van der Waals surface area (Å²) in [6, 6.07) is 2.25. The number of allylic oxidation sites excluding steroid dienone is 4. The molecule has 0 amide bonds. The van der Waals surface area contributed by atoms with E-state index in [4.69, 9.17) is 0 Å². The number of nitriles is 1. The minimum atomic E-state index is -0.517. The average Bonchev–Trinajstić information content (AvgIpc) is 2.97. The molecular weight excluding hydrogens is 370 g/mol. The molecule has 30 heavy (non-hydrogen) atoms. The molecule has 1 fully saturated rings. The number of ketones is 2. The van der Waals surface area contributed by atoms with Crippen LogP contribution >= 0.6 is 0 Å². The second-order valence-electron chi connectivity index (χ2n) is 10.6. The predicted molar refractivity (Wildman–Crippen MR) is 121 cm³/mol. The highest BCUT2D eigenvalue weighted by molar-refractivity contribution is 6.06. The van der Waals surface area contributed by atoms with E-state index >= 15 is 0 Å². The van der Waals surface area contributed by atoms with Gasteiger partial charge in [-0.3, -0.25) is 9.59 Å².